The summed E-state index contributed by atoms with van der Waals surface area (Å²) >= 11 is 0. The molecule has 3 nitrogen and oxygen atoms in total. The van der Waals surface area contributed by atoms with Gasteiger partial charge in [-0.25, -0.2) is 0 Å². The van der Waals surface area contributed by atoms with E-state index in [2.05, 4.69) is 43.2 Å². The van der Waals surface area contributed by atoms with Crippen molar-refractivity contribution in [2.75, 3.05) is 5.73 Å². The van der Waals surface area contributed by atoms with Crippen molar-refractivity contribution in [3.63, 3.8) is 0 Å². The van der Waals surface area contributed by atoms with Crippen LogP contribution in [-0.4, -0.2) is 9.78 Å². The Bertz CT molecular complexity index is 541. The van der Waals surface area contributed by atoms with Crippen molar-refractivity contribution in [3.8, 4) is 11.1 Å². The smallest absolute Gasteiger partial charge is 0.129 e. The molecule has 1 aromatic carbocycles. The molecule has 1 aromatic heterocycles. The van der Waals surface area contributed by atoms with Crippen LogP contribution in [0.15, 0.2) is 24.3 Å². The summed E-state index contributed by atoms with van der Waals surface area (Å²) in [5.74, 6) is 0.756. The van der Waals surface area contributed by atoms with Gasteiger partial charge in [-0.15, -0.1) is 0 Å². The van der Waals surface area contributed by atoms with Crippen LogP contribution in [0.4, 0.5) is 5.82 Å². The number of anilines is 1. The summed E-state index contributed by atoms with van der Waals surface area (Å²) in [5.41, 5.74) is 10.8. The third-order valence-corrected chi connectivity index (χ3v) is 3.24. The van der Waals surface area contributed by atoms with Crippen LogP contribution in [0.25, 0.3) is 11.1 Å². The molecule has 0 aliphatic carbocycles. The zero-order valence-electron chi connectivity index (χ0n) is 11.4. The summed E-state index contributed by atoms with van der Waals surface area (Å²) < 4.78 is 1.78. The van der Waals surface area contributed by atoms with E-state index >= 15 is 0 Å². The van der Waals surface area contributed by atoms with E-state index in [9.17, 15) is 0 Å². The van der Waals surface area contributed by atoms with Crippen LogP contribution in [-0.2, 0) is 13.5 Å². The minimum absolute atomic E-state index is 0.756. The highest BCUT2D eigenvalue weighted by molar-refractivity contribution is 5.77. The Morgan fingerprint density at radius 2 is 2.11 bits per heavy atom. The van der Waals surface area contributed by atoms with Gasteiger partial charge in [0.25, 0.3) is 0 Å². The SMILES string of the molecule is CCCCc1nn(C)c(N)c1-c1cccc(C)c1. The van der Waals surface area contributed by atoms with Crippen molar-refractivity contribution in [2.45, 2.75) is 33.1 Å². The lowest BCUT2D eigenvalue weighted by atomic mass is 10.0. The van der Waals surface area contributed by atoms with Gasteiger partial charge in [-0.3, -0.25) is 4.68 Å². The van der Waals surface area contributed by atoms with Crippen molar-refractivity contribution in [3.05, 3.63) is 35.5 Å². The summed E-state index contributed by atoms with van der Waals surface area (Å²) in [4.78, 5) is 0. The molecule has 96 valence electrons. The summed E-state index contributed by atoms with van der Waals surface area (Å²) in [6.45, 7) is 4.29. The lowest BCUT2D eigenvalue weighted by molar-refractivity contribution is 0.718. The summed E-state index contributed by atoms with van der Waals surface area (Å²) in [6.07, 6.45) is 3.31. The van der Waals surface area contributed by atoms with E-state index < -0.39 is 0 Å². The second kappa shape index (κ2) is 5.25. The molecular weight excluding hydrogens is 222 g/mol. The van der Waals surface area contributed by atoms with Crippen LogP contribution in [0.1, 0.15) is 31.0 Å². The van der Waals surface area contributed by atoms with E-state index in [0.717, 1.165) is 29.9 Å². The highest BCUT2D eigenvalue weighted by Gasteiger charge is 2.15. The van der Waals surface area contributed by atoms with E-state index in [-0.39, 0.29) is 0 Å². The predicted octanol–water partition coefficient (Wildman–Crippen LogP) is 3.32. The van der Waals surface area contributed by atoms with E-state index in [1.54, 1.807) is 4.68 Å². The Balaban J connectivity index is 2.48. The number of nitrogens with two attached hydrogens (primary N) is 1. The highest BCUT2D eigenvalue weighted by Crippen LogP contribution is 2.30. The van der Waals surface area contributed by atoms with Crippen molar-refractivity contribution in [1.82, 2.24) is 9.78 Å². The first kappa shape index (κ1) is 12.7. The number of benzene rings is 1. The quantitative estimate of drug-likeness (QED) is 0.895. The second-order valence-corrected chi connectivity index (χ2v) is 4.80. The standard InChI is InChI=1S/C15H21N3/c1-4-5-9-13-14(15(16)18(3)17-13)12-8-6-7-11(2)10-12/h6-8,10H,4-5,9,16H2,1-3H3. The number of rotatable bonds is 4. The molecule has 0 aliphatic heterocycles. The number of hydrogen-bond donors (Lipinski definition) is 1. The molecule has 0 spiro atoms. The van der Waals surface area contributed by atoms with Gasteiger partial charge in [0.15, 0.2) is 0 Å². The number of nitrogens with zero attached hydrogens (tertiary/aromatic N) is 2. The number of aromatic nitrogens is 2. The number of aryl methyl sites for hydroxylation is 3. The van der Waals surface area contributed by atoms with Crippen LogP contribution in [0.3, 0.4) is 0 Å². The first-order valence-electron chi connectivity index (χ1n) is 6.52. The lowest BCUT2D eigenvalue weighted by Crippen LogP contribution is -1.98. The molecule has 0 atom stereocenters. The Morgan fingerprint density at radius 3 is 2.78 bits per heavy atom. The maximum absolute atomic E-state index is 6.16. The molecule has 18 heavy (non-hydrogen) atoms. The fourth-order valence-corrected chi connectivity index (χ4v) is 2.23. The molecular formula is C15H21N3. The van der Waals surface area contributed by atoms with E-state index in [0.29, 0.717) is 0 Å². The molecule has 0 amide bonds. The molecule has 2 N–H and O–H groups in total. The molecule has 0 aliphatic rings. The van der Waals surface area contributed by atoms with Gasteiger partial charge in [0.05, 0.1) is 5.69 Å². The fourth-order valence-electron chi connectivity index (χ4n) is 2.23. The maximum Gasteiger partial charge on any atom is 0.129 e. The molecule has 0 fully saturated rings. The average molecular weight is 243 g/mol. The fraction of sp³-hybridized carbons (Fsp3) is 0.400. The monoisotopic (exact) mass is 243 g/mol. The molecule has 0 saturated heterocycles. The molecule has 0 bridgehead atoms. The Morgan fingerprint density at radius 1 is 1.33 bits per heavy atom. The third-order valence-electron chi connectivity index (χ3n) is 3.24. The average Bonchev–Trinajstić information content (AvgIpc) is 2.62. The maximum atomic E-state index is 6.16. The highest BCUT2D eigenvalue weighted by atomic mass is 15.3. The minimum Gasteiger partial charge on any atom is -0.383 e. The van der Waals surface area contributed by atoms with Crippen molar-refractivity contribution >= 4 is 5.82 Å². The molecule has 2 aromatic rings. The molecule has 0 unspecified atom stereocenters. The van der Waals surface area contributed by atoms with Crippen LogP contribution >= 0.6 is 0 Å². The van der Waals surface area contributed by atoms with Crippen LogP contribution in [0.2, 0.25) is 0 Å². The van der Waals surface area contributed by atoms with Gasteiger partial charge in [-0.05, 0) is 25.3 Å². The summed E-state index contributed by atoms with van der Waals surface area (Å²) in [6, 6.07) is 8.45. The number of hydrogen-bond acceptors (Lipinski definition) is 2. The molecule has 3 heteroatoms. The first-order valence-corrected chi connectivity index (χ1v) is 6.52. The normalized spacial score (nSPS) is 10.8. The first-order chi connectivity index (χ1) is 8.63. The zero-order chi connectivity index (χ0) is 13.1. The predicted molar refractivity (Wildman–Crippen MR) is 76.4 cm³/mol. The van der Waals surface area contributed by atoms with Crippen molar-refractivity contribution in [2.24, 2.45) is 7.05 Å². The van der Waals surface area contributed by atoms with Gasteiger partial charge < -0.3 is 5.73 Å². The van der Waals surface area contributed by atoms with Gasteiger partial charge in [0.1, 0.15) is 5.82 Å². The van der Waals surface area contributed by atoms with Gasteiger partial charge in [0.2, 0.25) is 0 Å². The number of nitrogen functional groups attached to an aromatic ring is 1. The van der Waals surface area contributed by atoms with Gasteiger partial charge in [0, 0.05) is 12.6 Å². The Hall–Kier alpha value is -1.77. The Kier molecular flexibility index (Phi) is 3.70. The largest absolute Gasteiger partial charge is 0.383 e. The zero-order valence-corrected chi connectivity index (χ0v) is 11.4. The van der Waals surface area contributed by atoms with Crippen molar-refractivity contribution in [1.29, 1.82) is 0 Å². The van der Waals surface area contributed by atoms with Gasteiger partial charge in [-0.1, -0.05) is 43.2 Å². The third kappa shape index (κ3) is 2.40. The second-order valence-electron chi connectivity index (χ2n) is 4.80. The van der Waals surface area contributed by atoms with Gasteiger partial charge >= 0.3 is 0 Å². The van der Waals surface area contributed by atoms with Crippen molar-refractivity contribution < 1.29 is 0 Å². The van der Waals surface area contributed by atoms with E-state index in [1.165, 1.54) is 17.5 Å². The van der Waals surface area contributed by atoms with Crippen LogP contribution in [0.5, 0.6) is 0 Å². The molecule has 1 heterocycles. The minimum atomic E-state index is 0.756. The van der Waals surface area contributed by atoms with Crippen LogP contribution < -0.4 is 5.73 Å². The van der Waals surface area contributed by atoms with Crippen LogP contribution in [0, 0.1) is 6.92 Å². The molecule has 2 rings (SSSR count). The molecule has 0 radical (unpaired) electrons. The summed E-state index contributed by atoms with van der Waals surface area (Å²) in [5, 5.41) is 4.55. The Labute approximate surface area is 109 Å². The molecule has 0 saturated carbocycles. The van der Waals surface area contributed by atoms with E-state index in [1.807, 2.05) is 7.05 Å². The number of unbranched alkanes of at least 4 members (excludes halogenated alkanes) is 1. The lowest BCUT2D eigenvalue weighted by Gasteiger charge is -2.05. The summed E-state index contributed by atoms with van der Waals surface area (Å²) in [7, 11) is 1.91. The topological polar surface area (TPSA) is 43.8 Å². The van der Waals surface area contributed by atoms with Gasteiger partial charge in [-0.2, -0.15) is 5.10 Å². The van der Waals surface area contributed by atoms with E-state index in [4.69, 9.17) is 5.73 Å².